The number of carbonyl (C=O) groups excluding carboxylic acids is 1. The van der Waals surface area contributed by atoms with Crippen molar-refractivity contribution >= 4 is 11.5 Å². The fourth-order valence-corrected chi connectivity index (χ4v) is 2.31. The summed E-state index contributed by atoms with van der Waals surface area (Å²) in [7, 11) is 0. The summed E-state index contributed by atoms with van der Waals surface area (Å²) >= 11 is 0. The molecule has 0 saturated heterocycles. The Morgan fingerprint density at radius 1 is 1.41 bits per heavy atom. The van der Waals surface area contributed by atoms with E-state index in [0.717, 1.165) is 18.4 Å². The Kier molecular flexibility index (Phi) is 3.23. The van der Waals surface area contributed by atoms with Crippen molar-refractivity contribution in [2.45, 2.75) is 52.0 Å². The van der Waals surface area contributed by atoms with Gasteiger partial charge in [0.25, 0.3) is 0 Å². The number of hydrogen-bond acceptors (Lipinski definition) is 2. The molecule has 1 N–H and O–H groups in total. The average Bonchev–Trinajstić information content (AvgIpc) is 2.28. The first-order valence-corrected chi connectivity index (χ1v) is 6.42. The zero-order chi connectivity index (χ0) is 12.5. The molecule has 0 radical (unpaired) electrons. The SMILES string of the molecule is CCC(=O)Cc1ccc2c(c1)CCC(C)(C)N2. The zero-order valence-electron chi connectivity index (χ0n) is 11.0. The van der Waals surface area contributed by atoms with Gasteiger partial charge in [0, 0.05) is 24.1 Å². The number of ketones is 1. The number of anilines is 1. The van der Waals surface area contributed by atoms with Gasteiger partial charge in [-0.3, -0.25) is 4.79 Å². The lowest BCUT2D eigenvalue weighted by atomic mass is 9.88. The molecule has 0 atom stereocenters. The Labute approximate surface area is 103 Å². The molecule has 1 aromatic carbocycles. The number of carbonyl (C=O) groups is 1. The Hall–Kier alpha value is -1.31. The summed E-state index contributed by atoms with van der Waals surface area (Å²) in [6, 6.07) is 6.38. The maximum atomic E-state index is 11.4. The second kappa shape index (κ2) is 4.52. The second-order valence-electron chi connectivity index (χ2n) is 5.57. The van der Waals surface area contributed by atoms with Gasteiger partial charge >= 0.3 is 0 Å². The third kappa shape index (κ3) is 2.87. The molecule has 17 heavy (non-hydrogen) atoms. The highest BCUT2D eigenvalue weighted by Gasteiger charge is 2.23. The zero-order valence-corrected chi connectivity index (χ0v) is 11.0. The van der Waals surface area contributed by atoms with Crippen molar-refractivity contribution < 1.29 is 4.79 Å². The quantitative estimate of drug-likeness (QED) is 0.864. The lowest BCUT2D eigenvalue weighted by Gasteiger charge is -2.34. The molecule has 0 saturated carbocycles. The van der Waals surface area contributed by atoms with E-state index in [-0.39, 0.29) is 5.54 Å². The lowest BCUT2D eigenvalue weighted by molar-refractivity contribution is -0.118. The maximum absolute atomic E-state index is 11.4. The molecule has 2 heteroatoms. The van der Waals surface area contributed by atoms with Crippen LogP contribution in [0.4, 0.5) is 5.69 Å². The maximum Gasteiger partial charge on any atom is 0.136 e. The molecular weight excluding hydrogens is 210 g/mol. The molecule has 1 aliphatic rings. The van der Waals surface area contributed by atoms with Gasteiger partial charge in [0.15, 0.2) is 0 Å². The van der Waals surface area contributed by atoms with Gasteiger partial charge in [0.2, 0.25) is 0 Å². The van der Waals surface area contributed by atoms with Crippen molar-refractivity contribution in [3.05, 3.63) is 29.3 Å². The number of rotatable bonds is 3. The van der Waals surface area contributed by atoms with E-state index in [9.17, 15) is 4.79 Å². The Balaban J connectivity index is 2.18. The summed E-state index contributed by atoms with van der Waals surface area (Å²) in [6.45, 7) is 6.37. The van der Waals surface area contributed by atoms with Gasteiger partial charge in [0.05, 0.1) is 0 Å². The van der Waals surface area contributed by atoms with Crippen LogP contribution in [0, 0.1) is 0 Å². The van der Waals surface area contributed by atoms with E-state index in [4.69, 9.17) is 0 Å². The van der Waals surface area contributed by atoms with Crippen LogP contribution in [0.1, 0.15) is 44.7 Å². The van der Waals surface area contributed by atoms with Crippen LogP contribution >= 0.6 is 0 Å². The molecule has 2 rings (SSSR count). The van der Waals surface area contributed by atoms with E-state index >= 15 is 0 Å². The van der Waals surface area contributed by atoms with Crippen LogP contribution in [0.5, 0.6) is 0 Å². The first kappa shape index (κ1) is 12.2. The van der Waals surface area contributed by atoms with E-state index in [0.29, 0.717) is 18.6 Å². The number of nitrogens with one attached hydrogen (secondary N) is 1. The van der Waals surface area contributed by atoms with Crippen molar-refractivity contribution in [3.8, 4) is 0 Å². The monoisotopic (exact) mass is 231 g/mol. The van der Waals surface area contributed by atoms with Crippen LogP contribution in [-0.2, 0) is 17.6 Å². The van der Waals surface area contributed by atoms with Crippen LogP contribution in [0.25, 0.3) is 0 Å². The summed E-state index contributed by atoms with van der Waals surface area (Å²) in [5, 5.41) is 3.55. The highest BCUT2D eigenvalue weighted by molar-refractivity contribution is 5.80. The third-order valence-electron chi connectivity index (χ3n) is 3.46. The molecule has 1 aromatic rings. The fourth-order valence-electron chi connectivity index (χ4n) is 2.31. The molecule has 0 fully saturated rings. The summed E-state index contributed by atoms with van der Waals surface area (Å²) in [4.78, 5) is 11.4. The highest BCUT2D eigenvalue weighted by Crippen LogP contribution is 2.31. The number of hydrogen-bond donors (Lipinski definition) is 1. The minimum absolute atomic E-state index is 0.188. The number of Topliss-reactive ketones (excluding diaryl/α,β-unsaturated/α-hetero) is 1. The topological polar surface area (TPSA) is 29.1 Å². The van der Waals surface area contributed by atoms with E-state index in [1.54, 1.807) is 0 Å². The van der Waals surface area contributed by atoms with Crippen molar-refractivity contribution in [1.29, 1.82) is 0 Å². The largest absolute Gasteiger partial charge is 0.380 e. The molecule has 0 unspecified atom stereocenters. The molecule has 0 aliphatic carbocycles. The molecular formula is C15H21NO. The fraction of sp³-hybridized carbons (Fsp3) is 0.533. The molecule has 0 amide bonds. The van der Waals surface area contributed by atoms with Gasteiger partial charge in [-0.05, 0) is 43.9 Å². The Bertz CT molecular complexity index is 435. The van der Waals surface area contributed by atoms with Crippen LogP contribution < -0.4 is 5.32 Å². The molecule has 0 spiro atoms. The standard InChI is InChI=1S/C15H21NO/c1-4-13(17)10-11-5-6-14-12(9-11)7-8-15(2,3)16-14/h5-6,9,16H,4,7-8,10H2,1-3H3. The van der Waals surface area contributed by atoms with E-state index in [2.05, 4.69) is 37.4 Å². The molecule has 1 heterocycles. The number of aryl methyl sites for hydroxylation is 1. The van der Waals surface area contributed by atoms with E-state index in [1.165, 1.54) is 11.3 Å². The predicted octanol–water partition coefficient (Wildman–Crippen LogP) is 3.34. The molecule has 2 nitrogen and oxygen atoms in total. The second-order valence-corrected chi connectivity index (χ2v) is 5.57. The first-order chi connectivity index (χ1) is 8.00. The lowest BCUT2D eigenvalue weighted by Crippen LogP contribution is -2.35. The third-order valence-corrected chi connectivity index (χ3v) is 3.46. The molecule has 92 valence electrons. The van der Waals surface area contributed by atoms with Gasteiger partial charge in [-0.25, -0.2) is 0 Å². The smallest absolute Gasteiger partial charge is 0.136 e. The normalized spacial score (nSPS) is 17.1. The van der Waals surface area contributed by atoms with Crippen molar-refractivity contribution in [3.63, 3.8) is 0 Å². The van der Waals surface area contributed by atoms with Crippen LogP contribution in [0.15, 0.2) is 18.2 Å². The minimum Gasteiger partial charge on any atom is -0.380 e. The average molecular weight is 231 g/mol. The summed E-state index contributed by atoms with van der Waals surface area (Å²) in [5.41, 5.74) is 3.92. The van der Waals surface area contributed by atoms with Gasteiger partial charge in [-0.2, -0.15) is 0 Å². The van der Waals surface area contributed by atoms with Crippen molar-refractivity contribution in [2.24, 2.45) is 0 Å². The van der Waals surface area contributed by atoms with Crippen molar-refractivity contribution in [1.82, 2.24) is 0 Å². The van der Waals surface area contributed by atoms with Gasteiger partial charge in [0.1, 0.15) is 5.78 Å². The predicted molar refractivity (Wildman–Crippen MR) is 71.5 cm³/mol. The van der Waals surface area contributed by atoms with Gasteiger partial charge in [-0.15, -0.1) is 0 Å². The highest BCUT2D eigenvalue weighted by atomic mass is 16.1. The summed E-state index contributed by atoms with van der Waals surface area (Å²) < 4.78 is 0. The van der Waals surface area contributed by atoms with E-state index < -0.39 is 0 Å². The minimum atomic E-state index is 0.188. The van der Waals surface area contributed by atoms with Crippen molar-refractivity contribution in [2.75, 3.05) is 5.32 Å². The molecule has 0 bridgehead atoms. The summed E-state index contributed by atoms with van der Waals surface area (Å²) in [5.74, 6) is 0.314. The van der Waals surface area contributed by atoms with Crippen LogP contribution in [0.3, 0.4) is 0 Å². The Morgan fingerprint density at radius 3 is 2.88 bits per heavy atom. The molecule has 1 aliphatic heterocycles. The first-order valence-electron chi connectivity index (χ1n) is 6.42. The van der Waals surface area contributed by atoms with Crippen LogP contribution in [-0.4, -0.2) is 11.3 Å². The molecule has 0 aromatic heterocycles. The number of fused-ring (bicyclic) bond motifs is 1. The van der Waals surface area contributed by atoms with Crippen LogP contribution in [0.2, 0.25) is 0 Å². The van der Waals surface area contributed by atoms with Gasteiger partial charge in [-0.1, -0.05) is 19.1 Å². The van der Waals surface area contributed by atoms with Gasteiger partial charge < -0.3 is 5.32 Å². The number of benzene rings is 1. The van der Waals surface area contributed by atoms with E-state index in [1.807, 2.05) is 6.92 Å². The Morgan fingerprint density at radius 2 is 2.18 bits per heavy atom. The summed E-state index contributed by atoms with van der Waals surface area (Å²) in [6.07, 6.45) is 3.45.